The molecule has 0 radical (unpaired) electrons. The maximum atomic E-state index is 12.1. The van der Waals surface area contributed by atoms with Crippen molar-refractivity contribution in [1.29, 1.82) is 0 Å². The van der Waals surface area contributed by atoms with Crippen molar-refractivity contribution >= 4 is 38.7 Å². The van der Waals surface area contributed by atoms with Gasteiger partial charge in [-0.25, -0.2) is 17.9 Å². The smallest absolute Gasteiger partial charge is 0.336 e. The normalized spacial score (nSPS) is 13.2. The van der Waals surface area contributed by atoms with Gasteiger partial charge < -0.3 is 5.11 Å². The van der Waals surface area contributed by atoms with Crippen LogP contribution >= 0.6 is 22.7 Å². The molecule has 0 aromatic carbocycles. The Kier molecular flexibility index (Phi) is 4.59. The van der Waals surface area contributed by atoms with Gasteiger partial charge in [0.2, 0.25) is 10.0 Å². The quantitative estimate of drug-likeness (QED) is 0.851. The number of nitrogens with one attached hydrogen (secondary N) is 1. The molecule has 0 saturated heterocycles. The molecule has 2 heterocycles. The third-order valence-corrected chi connectivity index (χ3v) is 6.46. The van der Waals surface area contributed by atoms with Crippen LogP contribution in [0, 0.1) is 0 Å². The van der Waals surface area contributed by atoms with Gasteiger partial charge in [0.15, 0.2) is 0 Å². The number of thiophene rings is 2. The molecule has 1 unspecified atom stereocenters. The van der Waals surface area contributed by atoms with Crippen molar-refractivity contribution in [2.45, 2.75) is 23.6 Å². The average molecular weight is 331 g/mol. The fraction of sp³-hybridized carbons (Fsp3) is 0.250. The second kappa shape index (κ2) is 6.04. The first-order valence-electron chi connectivity index (χ1n) is 5.75. The van der Waals surface area contributed by atoms with Crippen molar-refractivity contribution in [2.24, 2.45) is 0 Å². The van der Waals surface area contributed by atoms with E-state index < -0.39 is 16.0 Å². The molecule has 5 nitrogen and oxygen atoms in total. The molecule has 2 rings (SSSR count). The minimum absolute atomic E-state index is 0.0127. The summed E-state index contributed by atoms with van der Waals surface area (Å²) in [5.74, 6) is -1.13. The Morgan fingerprint density at radius 1 is 1.45 bits per heavy atom. The highest BCUT2D eigenvalue weighted by Crippen LogP contribution is 2.21. The van der Waals surface area contributed by atoms with Crippen molar-refractivity contribution < 1.29 is 18.3 Å². The summed E-state index contributed by atoms with van der Waals surface area (Å²) in [7, 11) is -3.67. The van der Waals surface area contributed by atoms with Gasteiger partial charge in [-0.15, -0.1) is 22.7 Å². The van der Waals surface area contributed by atoms with Gasteiger partial charge in [-0.05, 0) is 30.9 Å². The molecular weight excluding hydrogens is 318 g/mol. The molecule has 0 aliphatic heterocycles. The van der Waals surface area contributed by atoms with E-state index >= 15 is 0 Å². The van der Waals surface area contributed by atoms with E-state index in [0.29, 0.717) is 6.42 Å². The van der Waals surface area contributed by atoms with E-state index in [4.69, 9.17) is 5.11 Å². The lowest BCUT2D eigenvalue weighted by molar-refractivity contribution is 0.0697. The molecule has 20 heavy (non-hydrogen) atoms. The van der Waals surface area contributed by atoms with Crippen LogP contribution in [0.25, 0.3) is 0 Å². The number of hydrogen-bond donors (Lipinski definition) is 2. The molecule has 0 saturated carbocycles. The first-order chi connectivity index (χ1) is 9.38. The van der Waals surface area contributed by atoms with Gasteiger partial charge >= 0.3 is 5.97 Å². The highest BCUT2D eigenvalue weighted by molar-refractivity contribution is 7.91. The van der Waals surface area contributed by atoms with Gasteiger partial charge in [0, 0.05) is 16.3 Å². The first-order valence-corrected chi connectivity index (χ1v) is 8.99. The third-order valence-electron chi connectivity index (χ3n) is 2.53. The second-order valence-electron chi connectivity index (χ2n) is 4.27. The summed E-state index contributed by atoms with van der Waals surface area (Å²) < 4.78 is 26.8. The minimum atomic E-state index is -3.67. The van der Waals surface area contributed by atoms with Gasteiger partial charge in [-0.2, -0.15) is 0 Å². The molecule has 0 amide bonds. The van der Waals surface area contributed by atoms with Crippen LogP contribution in [0.5, 0.6) is 0 Å². The van der Waals surface area contributed by atoms with Crippen molar-refractivity contribution in [2.75, 3.05) is 0 Å². The standard InChI is InChI=1S/C12H13NO4S3/c1-8(5-10-3-2-4-18-10)13-20(16,17)11-6-9(7-19-11)12(14)15/h2-4,6-8,13H,5H2,1H3,(H,14,15). The molecule has 8 heteroatoms. The fourth-order valence-corrected chi connectivity index (χ4v) is 4.91. The maximum Gasteiger partial charge on any atom is 0.336 e. The Bertz CT molecular complexity index is 688. The van der Waals surface area contributed by atoms with Gasteiger partial charge in [0.1, 0.15) is 4.21 Å². The number of carboxylic acid groups (broad SMARTS) is 1. The highest BCUT2D eigenvalue weighted by atomic mass is 32.2. The number of carbonyl (C=O) groups is 1. The number of hydrogen-bond acceptors (Lipinski definition) is 5. The SMILES string of the molecule is CC(Cc1cccs1)NS(=O)(=O)c1cc(C(=O)O)cs1. The second-order valence-corrected chi connectivity index (χ2v) is 8.15. The van der Waals surface area contributed by atoms with E-state index in [2.05, 4.69) is 4.72 Å². The summed E-state index contributed by atoms with van der Waals surface area (Å²) in [5.41, 5.74) is -0.0127. The van der Waals surface area contributed by atoms with Crippen LogP contribution in [0.2, 0.25) is 0 Å². The van der Waals surface area contributed by atoms with Crippen LogP contribution in [0.4, 0.5) is 0 Å². The molecule has 0 bridgehead atoms. The summed E-state index contributed by atoms with van der Waals surface area (Å²) in [5, 5.41) is 12.1. The number of rotatable bonds is 6. The molecule has 2 aromatic rings. The molecule has 108 valence electrons. The molecule has 0 spiro atoms. The van der Waals surface area contributed by atoms with E-state index in [1.807, 2.05) is 17.5 Å². The molecule has 0 aliphatic carbocycles. The van der Waals surface area contributed by atoms with Gasteiger partial charge in [0.05, 0.1) is 5.56 Å². The monoisotopic (exact) mass is 331 g/mol. The van der Waals surface area contributed by atoms with Crippen molar-refractivity contribution in [3.05, 3.63) is 39.4 Å². The number of aromatic carboxylic acids is 1. The molecule has 1 atom stereocenters. The van der Waals surface area contributed by atoms with E-state index in [1.165, 1.54) is 11.4 Å². The van der Waals surface area contributed by atoms with Crippen LogP contribution in [0.3, 0.4) is 0 Å². The lowest BCUT2D eigenvalue weighted by Crippen LogP contribution is -2.33. The summed E-state index contributed by atoms with van der Waals surface area (Å²) in [6.45, 7) is 1.78. The van der Waals surface area contributed by atoms with Crippen LogP contribution in [0.15, 0.2) is 33.2 Å². The summed E-state index contributed by atoms with van der Waals surface area (Å²) in [6.07, 6.45) is 0.605. The van der Waals surface area contributed by atoms with E-state index in [9.17, 15) is 13.2 Å². The van der Waals surface area contributed by atoms with E-state index in [1.54, 1.807) is 18.3 Å². The van der Waals surface area contributed by atoms with Crippen molar-refractivity contribution in [3.8, 4) is 0 Å². The summed E-state index contributed by atoms with van der Waals surface area (Å²) in [6, 6.07) is 4.78. The largest absolute Gasteiger partial charge is 0.478 e. The van der Waals surface area contributed by atoms with Crippen molar-refractivity contribution in [3.63, 3.8) is 0 Å². The van der Waals surface area contributed by atoms with Crippen LogP contribution < -0.4 is 4.72 Å². The Labute approximate surface area is 124 Å². The Balaban J connectivity index is 2.08. The summed E-state index contributed by atoms with van der Waals surface area (Å²) in [4.78, 5) is 11.9. The predicted octanol–water partition coefficient (Wildman–Crippen LogP) is 2.42. The predicted molar refractivity (Wildman–Crippen MR) is 79.1 cm³/mol. The molecule has 2 N–H and O–H groups in total. The van der Waals surface area contributed by atoms with E-state index in [0.717, 1.165) is 16.2 Å². The zero-order valence-corrected chi connectivity index (χ0v) is 13.0. The third kappa shape index (κ3) is 3.66. The van der Waals surface area contributed by atoms with Crippen LogP contribution in [0.1, 0.15) is 22.2 Å². The van der Waals surface area contributed by atoms with Gasteiger partial charge in [-0.1, -0.05) is 6.07 Å². The summed E-state index contributed by atoms with van der Waals surface area (Å²) >= 11 is 2.48. The van der Waals surface area contributed by atoms with Gasteiger partial charge in [-0.3, -0.25) is 0 Å². The molecule has 2 aromatic heterocycles. The van der Waals surface area contributed by atoms with E-state index in [-0.39, 0.29) is 15.8 Å². The Morgan fingerprint density at radius 3 is 2.75 bits per heavy atom. The Hall–Kier alpha value is -1.22. The topological polar surface area (TPSA) is 83.5 Å². The van der Waals surface area contributed by atoms with Gasteiger partial charge in [0.25, 0.3) is 0 Å². The fourth-order valence-electron chi connectivity index (χ4n) is 1.66. The molecule has 0 aliphatic rings. The zero-order valence-electron chi connectivity index (χ0n) is 10.6. The molecule has 0 fully saturated rings. The first kappa shape index (κ1) is 15.2. The maximum absolute atomic E-state index is 12.1. The number of carboxylic acids is 1. The number of sulfonamides is 1. The van der Waals surface area contributed by atoms with Crippen LogP contribution in [-0.4, -0.2) is 25.5 Å². The highest BCUT2D eigenvalue weighted by Gasteiger charge is 2.21. The lowest BCUT2D eigenvalue weighted by atomic mass is 10.2. The van der Waals surface area contributed by atoms with Crippen LogP contribution in [-0.2, 0) is 16.4 Å². The lowest BCUT2D eigenvalue weighted by Gasteiger charge is -2.12. The minimum Gasteiger partial charge on any atom is -0.478 e. The van der Waals surface area contributed by atoms with Crippen molar-refractivity contribution in [1.82, 2.24) is 4.72 Å². The zero-order chi connectivity index (χ0) is 14.8. The average Bonchev–Trinajstić information content (AvgIpc) is 2.97. The molecular formula is C12H13NO4S3. The Morgan fingerprint density at radius 2 is 2.20 bits per heavy atom.